The molecule has 0 spiro atoms. The number of aromatic nitrogens is 3. The maximum Gasteiger partial charge on any atom is 0.269 e. The van der Waals surface area contributed by atoms with E-state index in [-0.39, 0.29) is 18.1 Å². The van der Waals surface area contributed by atoms with Gasteiger partial charge in [-0.05, 0) is 30.3 Å². The highest BCUT2D eigenvalue weighted by Crippen LogP contribution is 2.29. The summed E-state index contributed by atoms with van der Waals surface area (Å²) in [6.07, 6.45) is 0. The van der Waals surface area contributed by atoms with Crippen molar-refractivity contribution in [3.8, 4) is 10.6 Å². The molecule has 12 heteroatoms. The summed E-state index contributed by atoms with van der Waals surface area (Å²) in [4.78, 5) is 26.9. The number of amides is 1. The van der Waals surface area contributed by atoms with Gasteiger partial charge in [-0.2, -0.15) is 0 Å². The third kappa shape index (κ3) is 4.55. The van der Waals surface area contributed by atoms with Gasteiger partial charge in [0.1, 0.15) is 5.01 Å². The highest BCUT2D eigenvalue weighted by Gasteiger charge is 2.12. The van der Waals surface area contributed by atoms with Crippen LogP contribution in [0.3, 0.4) is 0 Å². The molecule has 2 N–H and O–H groups in total. The minimum Gasteiger partial charge on any atom is -0.352 e. The summed E-state index contributed by atoms with van der Waals surface area (Å²) in [5.41, 5.74) is 1.55. The van der Waals surface area contributed by atoms with E-state index in [0.29, 0.717) is 20.8 Å². The molecule has 2 aromatic heterocycles. The number of nitro benzene ring substituents is 1. The van der Waals surface area contributed by atoms with E-state index < -0.39 is 4.92 Å². The van der Waals surface area contributed by atoms with Crippen LogP contribution in [0, 0.1) is 10.1 Å². The SMILES string of the molecule is O=C(CNc1nc2ccc(Br)cc2s1)Nc1nnc(-c2ccc([N+](=O)[O-])cc2)s1. The molecule has 0 unspecified atom stereocenters. The van der Waals surface area contributed by atoms with Crippen LogP contribution < -0.4 is 10.6 Å². The Morgan fingerprint density at radius 2 is 1.90 bits per heavy atom. The van der Waals surface area contributed by atoms with Crippen LogP contribution in [-0.2, 0) is 4.79 Å². The number of nitro groups is 1. The van der Waals surface area contributed by atoms with E-state index in [0.717, 1.165) is 14.7 Å². The van der Waals surface area contributed by atoms with Crippen LogP contribution in [0.2, 0.25) is 0 Å². The largest absolute Gasteiger partial charge is 0.352 e. The van der Waals surface area contributed by atoms with Crippen LogP contribution >= 0.6 is 38.6 Å². The Kier molecular flexibility index (Phi) is 5.47. The molecule has 146 valence electrons. The number of halogens is 1. The first-order valence-corrected chi connectivity index (χ1v) is 10.6. The predicted molar refractivity (Wildman–Crippen MR) is 116 cm³/mol. The molecule has 0 atom stereocenters. The van der Waals surface area contributed by atoms with Gasteiger partial charge in [0.25, 0.3) is 5.69 Å². The molecule has 9 nitrogen and oxygen atoms in total. The molecule has 0 bridgehead atoms. The van der Waals surface area contributed by atoms with E-state index in [4.69, 9.17) is 0 Å². The fourth-order valence-electron chi connectivity index (χ4n) is 2.41. The molecule has 0 saturated heterocycles. The number of benzene rings is 2. The van der Waals surface area contributed by atoms with Gasteiger partial charge < -0.3 is 5.32 Å². The Morgan fingerprint density at radius 1 is 1.10 bits per heavy atom. The van der Waals surface area contributed by atoms with Crippen molar-refractivity contribution in [2.75, 3.05) is 17.2 Å². The lowest BCUT2D eigenvalue weighted by Gasteiger charge is -2.01. The lowest BCUT2D eigenvalue weighted by Crippen LogP contribution is -2.21. The molecule has 0 fully saturated rings. The molecule has 4 aromatic rings. The third-order valence-electron chi connectivity index (χ3n) is 3.75. The van der Waals surface area contributed by atoms with Crippen molar-refractivity contribution >= 4 is 70.7 Å². The number of nitrogens with one attached hydrogen (secondary N) is 2. The second-order valence-corrected chi connectivity index (χ2v) is 8.67. The number of nitrogens with zero attached hydrogens (tertiary/aromatic N) is 4. The van der Waals surface area contributed by atoms with Gasteiger partial charge in [0.15, 0.2) is 5.13 Å². The normalized spacial score (nSPS) is 10.8. The van der Waals surface area contributed by atoms with Gasteiger partial charge in [-0.25, -0.2) is 4.98 Å². The van der Waals surface area contributed by atoms with Gasteiger partial charge in [0.05, 0.1) is 21.7 Å². The summed E-state index contributed by atoms with van der Waals surface area (Å²) in [7, 11) is 0. The van der Waals surface area contributed by atoms with Gasteiger partial charge in [0.2, 0.25) is 11.0 Å². The Bertz CT molecular complexity index is 1210. The predicted octanol–water partition coefficient (Wildman–Crippen LogP) is 4.54. The van der Waals surface area contributed by atoms with Crippen molar-refractivity contribution in [3.05, 3.63) is 57.1 Å². The minimum atomic E-state index is -0.465. The van der Waals surface area contributed by atoms with Crippen LogP contribution in [0.15, 0.2) is 46.9 Å². The maximum absolute atomic E-state index is 12.2. The Labute approximate surface area is 180 Å². The van der Waals surface area contributed by atoms with Crippen molar-refractivity contribution in [2.24, 2.45) is 0 Å². The van der Waals surface area contributed by atoms with Gasteiger partial charge in [-0.1, -0.05) is 38.6 Å². The fraction of sp³-hybridized carbons (Fsp3) is 0.0588. The van der Waals surface area contributed by atoms with Gasteiger partial charge in [0, 0.05) is 22.2 Å². The highest BCUT2D eigenvalue weighted by atomic mass is 79.9. The summed E-state index contributed by atoms with van der Waals surface area (Å²) in [6.45, 7) is 0.0352. The maximum atomic E-state index is 12.2. The van der Waals surface area contributed by atoms with Gasteiger partial charge in [-0.15, -0.1) is 10.2 Å². The summed E-state index contributed by atoms with van der Waals surface area (Å²) in [5.74, 6) is -0.281. The first kappa shape index (κ1) is 19.4. The highest BCUT2D eigenvalue weighted by molar-refractivity contribution is 9.10. The zero-order valence-corrected chi connectivity index (χ0v) is 17.7. The molecule has 29 heavy (non-hydrogen) atoms. The van der Waals surface area contributed by atoms with E-state index in [1.165, 1.54) is 34.8 Å². The molecule has 1 amide bonds. The number of thiazole rings is 1. The second kappa shape index (κ2) is 8.19. The number of anilines is 2. The van der Waals surface area contributed by atoms with E-state index >= 15 is 0 Å². The Morgan fingerprint density at radius 3 is 2.66 bits per heavy atom. The van der Waals surface area contributed by atoms with Crippen molar-refractivity contribution in [1.29, 1.82) is 0 Å². The minimum absolute atomic E-state index is 0.0000660. The number of non-ortho nitro benzene ring substituents is 1. The summed E-state index contributed by atoms with van der Waals surface area (Å²) < 4.78 is 1.98. The average molecular weight is 491 g/mol. The van der Waals surface area contributed by atoms with Crippen LogP contribution in [0.4, 0.5) is 16.0 Å². The van der Waals surface area contributed by atoms with E-state index in [1.54, 1.807) is 12.1 Å². The first-order valence-electron chi connectivity index (χ1n) is 8.16. The third-order valence-corrected chi connectivity index (χ3v) is 6.10. The summed E-state index contributed by atoms with van der Waals surface area (Å²) >= 11 is 6.07. The quantitative estimate of drug-likeness (QED) is 0.300. The van der Waals surface area contributed by atoms with E-state index in [9.17, 15) is 14.9 Å². The first-order chi connectivity index (χ1) is 14.0. The number of rotatable bonds is 6. The average Bonchev–Trinajstić information content (AvgIpc) is 3.32. The Hall–Kier alpha value is -2.96. The zero-order chi connectivity index (χ0) is 20.4. The topological polar surface area (TPSA) is 123 Å². The second-order valence-electron chi connectivity index (χ2n) is 5.75. The fourth-order valence-corrected chi connectivity index (χ4v) is 4.59. The molecular formula is C17H11BrN6O3S2. The van der Waals surface area contributed by atoms with Gasteiger partial charge >= 0.3 is 0 Å². The zero-order valence-electron chi connectivity index (χ0n) is 14.5. The number of hydrogen-bond acceptors (Lipinski definition) is 9. The standard InChI is InChI=1S/C17H11BrN6O3S2/c18-10-3-6-12-13(7-10)28-16(20-12)19-8-14(25)21-17-23-22-15(29-17)9-1-4-11(5-2-9)24(26)27/h1-7H,8H2,(H,19,20)(H,21,23,25). The number of hydrogen-bond donors (Lipinski definition) is 2. The molecule has 4 rings (SSSR count). The van der Waals surface area contributed by atoms with Crippen molar-refractivity contribution in [3.63, 3.8) is 0 Å². The Balaban J connectivity index is 1.36. The van der Waals surface area contributed by atoms with E-state index in [2.05, 4.69) is 41.7 Å². The number of fused-ring (bicyclic) bond motifs is 1. The summed E-state index contributed by atoms with van der Waals surface area (Å²) in [6, 6.07) is 11.8. The van der Waals surface area contributed by atoms with Crippen molar-refractivity contribution in [1.82, 2.24) is 15.2 Å². The molecule has 0 aliphatic carbocycles. The van der Waals surface area contributed by atoms with Crippen LogP contribution in [0.1, 0.15) is 0 Å². The molecular weight excluding hydrogens is 480 g/mol. The number of carbonyl (C=O) groups is 1. The monoisotopic (exact) mass is 490 g/mol. The smallest absolute Gasteiger partial charge is 0.269 e. The van der Waals surface area contributed by atoms with E-state index in [1.807, 2.05) is 18.2 Å². The molecule has 0 aliphatic rings. The van der Waals surface area contributed by atoms with Crippen molar-refractivity contribution < 1.29 is 9.72 Å². The molecule has 2 aromatic carbocycles. The lowest BCUT2D eigenvalue weighted by molar-refractivity contribution is -0.384. The van der Waals surface area contributed by atoms with Crippen LogP contribution in [0.5, 0.6) is 0 Å². The molecule has 2 heterocycles. The molecule has 0 radical (unpaired) electrons. The molecule has 0 aliphatic heterocycles. The van der Waals surface area contributed by atoms with Crippen LogP contribution in [-0.4, -0.2) is 32.6 Å². The number of carbonyl (C=O) groups excluding carboxylic acids is 1. The molecule has 0 saturated carbocycles. The van der Waals surface area contributed by atoms with Crippen molar-refractivity contribution in [2.45, 2.75) is 0 Å². The lowest BCUT2D eigenvalue weighted by atomic mass is 10.2. The van der Waals surface area contributed by atoms with Crippen LogP contribution in [0.25, 0.3) is 20.8 Å². The van der Waals surface area contributed by atoms with Gasteiger partial charge in [-0.3, -0.25) is 20.2 Å². The summed E-state index contributed by atoms with van der Waals surface area (Å²) in [5, 5.41) is 25.9.